The Bertz CT molecular complexity index is 577. The van der Waals surface area contributed by atoms with Crippen molar-refractivity contribution in [3.8, 4) is 5.75 Å². The third-order valence-corrected chi connectivity index (χ3v) is 3.35. The van der Waals surface area contributed by atoms with E-state index in [4.69, 9.17) is 9.15 Å². The van der Waals surface area contributed by atoms with Crippen LogP contribution in [0.25, 0.3) is 0 Å². The van der Waals surface area contributed by atoms with Gasteiger partial charge in [-0.25, -0.2) is 0 Å². The Morgan fingerprint density at radius 1 is 1.35 bits per heavy atom. The first-order valence-electron chi connectivity index (χ1n) is 6.29. The van der Waals surface area contributed by atoms with Gasteiger partial charge in [0.1, 0.15) is 12.4 Å². The molecule has 2 rings (SSSR count). The molecule has 1 amide bonds. The molecule has 0 radical (unpaired) electrons. The average molecular weight is 338 g/mol. The molecule has 1 heterocycles. The first-order valence-corrected chi connectivity index (χ1v) is 7.09. The summed E-state index contributed by atoms with van der Waals surface area (Å²) in [6.07, 6.45) is 1.46. The normalized spacial score (nSPS) is 11.9. The van der Waals surface area contributed by atoms with E-state index in [1.54, 1.807) is 6.07 Å². The molecule has 0 unspecified atom stereocenters. The Balaban J connectivity index is 1.83. The van der Waals surface area contributed by atoms with Crippen LogP contribution < -0.4 is 10.1 Å². The van der Waals surface area contributed by atoms with Gasteiger partial charge in [-0.05, 0) is 48.0 Å². The number of aryl methyl sites for hydroxylation is 1. The van der Waals surface area contributed by atoms with Crippen LogP contribution in [0.5, 0.6) is 5.75 Å². The second-order valence-corrected chi connectivity index (χ2v) is 5.45. The van der Waals surface area contributed by atoms with Crippen LogP contribution in [0.1, 0.15) is 23.0 Å². The fraction of sp³-hybridized carbons (Fsp3) is 0.267. The van der Waals surface area contributed by atoms with Gasteiger partial charge < -0.3 is 14.5 Å². The summed E-state index contributed by atoms with van der Waals surface area (Å²) in [5.74, 6) is 0.796. The van der Waals surface area contributed by atoms with E-state index < -0.39 is 0 Å². The van der Waals surface area contributed by atoms with Crippen LogP contribution >= 0.6 is 15.9 Å². The van der Waals surface area contributed by atoms with Crippen molar-refractivity contribution in [2.24, 2.45) is 0 Å². The molecule has 4 nitrogen and oxygen atoms in total. The summed E-state index contributed by atoms with van der Waals surface area (Å²) in [7, 11) is 0. The number of carbonyl (C=O) groups excluding carboxylic acids is 1. The minimum atomic E-state index is -0.262. The number of carbonyl (C=O) groups is 1. The highest BCUT2D eigenvalue weighted by molar-refractivity contribution is 9.10. The van der Waals surface area contributed by atoms with E-state index in [0.717, 1.165) is 5.75 Å². The van der Waals surface area contributed by atoms with Crippen molar-refractivity contribution >= 4 is 21.8 Å². The van der Waals surface area contributed by atoms with Gasteiger partial charge in [0, 0.05) is 0 Å². The van der Waals surface area contributed by atoms with Gasteiger partial charge in [0.2, 0.25) is 5.76 Å². The van der Waals surface area contributed by atoms with Crippen LogP contribution in [0, 0.1) is 6.92 Å². The quantitative estimate of drug-likeness (QED) is 0.907. The highest BCUT2D eigenvalue weighted by Crippen LogP contribution is 2.17. The van der Waals surface area contributed by atoms with Crippen LogP contribution in [0.15, 0.2) is 45.5 Å². The maximum absolute atomic E-state index is 11.9. The van der Waals surface area contributed by atoms with Crippen LogP contribution in [0.3, 0.4) is 0 Å². The monoisotopic (exact) mass is 337 g/mol. The predicted molar refractivity (Wildman–Crippen MR) is 80.0 cm³/mol. The lowest BCUT2D eigenvalue weighted by Crippen LogP contribution is -2.36. The molecule has 0 spiro atoms. The zero-order valence-electron chi connectivity index (χ0n) is 11.4. The molecule has 106 valence electrons. The largest absolute Gasteiger partial charge is 0.491 e. The van der Waals surface area contributed by atoms with Gasteiger partial charge in [-0.1, -0.05) is 17.7 Å². The number of ether oxygens (including phenoxy) is 1. The first-order chi connectivity index (χ1) is 9.56. The van der Waals surface area contributed by atoms with E-state index in [-0.39, 0.29) is 17.7 Å². The van der Waals surface area contributed by atoms with Crippen LogP contribution in [0.2, 0.25) is 0 Å². The number of hydrogen-bond donors (Lipinski definition) is 1. The van der Waals surface area contributed by atoms with Crippen LogP contribution in [0.4, 0.5) is 0 Å². The number of halogens is 1. The molecule has 0 saturated heterocycles. The molecule has 0 saturated carbocycles. The maximum Gasteiger partial charge on any atom is 0.288 e. The molecule has 1 atom stereocenters. The zero-order valence-corrected chi connectivity index (χ0v) is 12.9. The molecule has 0 aliphatic carbocycles. The third kappa shape index (κ3) is 3.87. The van der Waals surface area contributed by atoms with Gasteiger partial charge in [-0.2, -0.15) is 0 Å². The Labute approximate surface area is 126 Å². The van der Waals surface area contributed by atoms with E-state index >= 15 is 0 Å². The van der Waals surface area contributed by atoms with Gasteiger partial charge in [0.15, 0.2) is 0 Å². The van der Waals surface area contributed by atoms with Gasteiger partial charge >= 0.3 is 0 Å². The van der Waals surface area contributed by atoms with Crippen molar-refractivity contribution in [1.82, 2.24) is 5.32 Å². The highest BCUT2D eigenvalue weighted by Gasteiger charge is 2.16. The summed E-state index contributed by atoms with van der Waals surface area (Å²) in [6.45, 7) is 4.30. The molecule has 1 N–H and O–H groups in total. The molecule has 1 aromatic carbocycles. The number of furan rings is 1. The fourth-order valence-electron chi connectivity index (χ4n) is 1.64. The molecule has 0 aliphatic heterocycles. The van der Waals surface area contributed by atoms with Gasteiger partial charge in [0.05, 0.1) is 16.8 Å². The number of benzene rings is 1. The Morgan fingerprint density at radius 3 is 2.65 bits per heavy atom. The predicted octanol–water partition coefficient (Wildman–Crippen LogP) is 3.55. The molecule has 1 aromatic heterocycles. The van der Waals surface area contributed by atoms with Crippen molar-refractivity contribution in [3.05, 3.63) is 52.4 Å². The standard InChI is InChI=1S/C15H16BrNO3/c1-10-3-5-12(6-4-10)20-9-11(2)17-15(18)14-13(16)7-8-19-14/h3-8,11H,9H2,1-2H3,(H,17,18)/t11-/m1/s1. The van der Waals surface area contributed by atoms with E-state index in [9.17, 15) is 4.79 Å². The smallest absolute Gasteiger partial charge is 0.288 e. The summed E-state index contributed by atoms with van der Waals surface area (Å²) in [4.78, 5) is 11.9. The van der Waals surface area contributed by atoms with Crippen molar-refractivity contribution in [2.45, 2.75) is 19.9 Å². The van der Waals surface area contributed by atoms with Crippen molar-refractivity contribution in [1.29, 1.82) is 0 Å². The summed E-state index contributed by atoms with van der Waals surface area (Å²) in [5.41, 5.74) is 1.18. The molecule has 0 fully saturated rings. The molecule has 0 aliphatic rings. The first kappa shape index (κ1) is 14.7. The minimum absolute atomic E-state index is 0.124. The van der Waals surface area contributed by atoms with E-state index in [1.165, 1.54) is 11.8 Å². The van der Waals surface area contributed by atoms with Crippen molar-refractivity contribution < 1.29 is 13.9 Å². The second-order valence-electron chi connectivity index (χ2n) is 4.60. The lowest BCUT2D eigenvalue weighted by atomic mass is 10.2. The zero-order chi connectivity index (χ0) is 14.5. The SMILES string of the molecule is Cc1ccc(OC[C@@H](C)NC(=O)c2occc2Br)cc1. The highest BCUT2D eigenvalue weighted by atomic mass is 79.9. The minimum Gasteiger partial charge on any atom is -0.491 e. The fourth-order valence-corrected chi connectivity index (χ4v) is 2.02. The topological polar surface area (TPSA) is 51.5 Å². The lowest BCUT2D eigenvalue weighted by molar-refractivity contribution is 0.0897. The number of nitrogens with one attached hydrogen (secondary N) is 1. The number of hydrogen-bond acceptors (Lipinski definition) is 3. The Morgan fingerprint density at radius 2 is 2.05 bits per heavy atom. The Hall–Kier alpha value is -1.75. The van der Waals surface area contributed by atoms with Crippen LogP contribution in [-0.4, -0.2) is 18.6 Å². The number of rotatable bonds is 5. The molecule has 2 aromatic rings. The molecule has 20 heavy (non-hydrogen) atoms. The molecular formula is C15H16BrNO3. The average Bonchev–Trinajstić information content (AvgIpc) is 2.84. The number of amides is 1. The summed E-state index contributed by atoms with van der Waals surface area (Å²) < 4.78 is 11.4. The molecular weight excluding hydrogens is 322 g/mol. The second kappa shape index (κ2) is 6.61. The summed E-state index contributed by atoms with van der Waals surface area (Å²) >= 11 is 3.25. The van der Waals surface area contributed by atoms with Crippen molar-refractivity contribution in [2.75, 3.05) is 6.61 Å². The Kier molecular flexibility index (Phi) is 4.84. The van der Waals surface area contributed by atoms with E-state index in [0.29, 0.717) is 11.1 Å². The molecule has 5 heteroatoms. The van der Waals surface area contributed by atoms with E-state index in [1.807, 2.05) is 38.1 Å². The van der Waals surface area contributed by atoms with Crippen LogP contribution in [-0.2, 0) is 0 Å². The third-order valence-electron chi connectivity index (χ3n) is 2.72. The van der Waals surface area contributed by atoms with E-state index in [2.05, 4.69) is 21.2 Å². The van der Waals surface area contributed by atoms with Crippen molar-refractivity contribution in [3.63, 3.8) is 0 Å². The maximum atomic E-state index is 11.9. The summed E-state index contributed by atoms with van der Waals surface area (Å²) in [5, 5.41) is 2.82. The lowest BCUT2D eigenvalue weighted by Gasteiger charge is -2.14. The van der Waals surface area contributed by atoms with Gasteiger partial charge in [-0.15, -0.1) is 0 Å². The summed E-state index contributed by atoms with van der Waals surface area (Å²) in [6, 6.07) is 9.35. The molecule has 0 bridgehead atoms. The van der Waals surface area contributed by atoms with Gasteiger partial charge in [-0.3, -0.25) is 4.79 Å². The van der Waals surface area contributed by atoms with Gasteiger partial charge in [0.25, 0.3) is 5.91 Å².